The van der Waals surface area contributed by atoms with Crippen molar-refractivity contribution in [3.63, 3.8) is 0 Å². The van der Waals surface area contributed by atoms with Crippen LogP contribution in [0.4, 0.5) is 14.9 Å². The van der Waals surface area contributed by atoms with E-state index in [1.807, 2.05) is 19.1 Å². The minimum atomic E-state index is -0.768. The molecule has 0 spiro atoms. The Kier molecular flexibility index (Phi) is 4.73. The van der Waals surface area contributed by atoms with Gasteiger partial charge in [-0.05, 0) is 30.2 Å². The largest absolute Gasteiger partial charge is 0.453 e. The number of carbonyl (C=O) groups excluding carboxylic acids is 2. The molecule has 2 aromatic rings. The fourth-order valence-electron chi connectivity index (χ4n) is 2.98. The predicted octanol–water partition coefficient (Wildman–Crippen LogP) is 3.14. The maximum atomic E-state index is 13.5. The Balaban J connectivity index is 2.05. The Morgan fingerprint density at radius 2 is 2.12 bits per heavy atom. The number of rotatable bonds is 3. The van der Waals surface area contributed by atoms with Crippen LogP contribution in [0.15, 0.2) is 30.3 Å². The molecule has 2 aromatic carbocycles. The monoisotopic (exact) mass is 377 g/mol. The summed E-state index contributed by atoms with van der Waals surface area (Å²) in [6.45, 7) is 1.81. The number of likely N-dealkylation sites (N-methyl/N-ethyl adjacent to an activating group) is 1. The molecular formula is C18H17ClFN3O3. The van der Waals surface area contributed by atoms with E-state index in [2.05, 4.69) is 5.32 Å². The number of nitrogens with two attached hydrogens (primary N) is 1. The van der Waals surface area contributed by atoms with E-state index in [1.54, 1.807) is 7.05 Å². The Hall–Kier alpha value is -2.80. The summed E-state index contributed by atoms with van der Waals surface area (Å²) >= 11 is 6.09. The van der Waals surface area contributed by atoms with Gasteiger partial charge in [0.2, 0.25) is 5.91 Å². The maximum Gasteiger partial charge on any atom is 0.312 e. The number of nitrogens with zero attached hydrogens (tertiary/aromatic N) is 1. The highest BCUT2D eigenvalue weighted by Crippen LogP contribution is 2.42. The van der Waals surface area contributed by atoms with E-state index < -0.39 is 17.9 Å². The van der Waals surface area contributed by atoms with Crippen molar-refractivity contribution in [2.24, 2.45) is 5.73 Å². The van der Waals surface area contributed by atoms with Gasteiger partial charge in [0.25, 0.3) is 0 Å². The molecule has 1 aliphatic rings. The van der Waals surface area contributed by atoms with Crippen molar-refractivity contribution in [3.05, 3.63) is 52.3 Å². The van der Waals surface area contributed by atoms with Crippen LogP contribution in [-0.4, -0.2) is 25.0 Å². The van der Waals surface area contributed by atoms with Crippen LogP contribution in [0.25, 0.3) is 0 Å². The number of anilines is 1. The molecule has 3 rings (SSSR count). The van der Waals surface area contributed by atoms with Gasteiger partial charge in [0.1, 0.15) is 17.6 Å². The number of aryl methyl sites for hydroxylation is 1. The second kappa shape index (κ2) is 6.84. The minimum absolute atomic E-state index is 0.154. The third-order valence-corrected chi connectivity index (χ3v) is 4.53. The van der Waals surface area contributed by atoms with Crippen LogP contribution < -0.4 is 20.7 Å². The zero-order valence-corrected chi connectivity index (χ0v) is 14.9. The average Bonchev–Trinajstić information content (AvgIpc) is 2.57. The number of halogens is 2. The highest BCUT2D eigenvalue weighted by molar-refractivity contribution is 6.32. The van der Waals surface area contributed by atoms with Gasteiger partial charge in [0.15, 0.2) is 5.75 Å². The van der Waals surface area contributed by atoms with Crippen LogP contribution in [-0.2, 0) is 11.2 Å². The summed E-state index contributed by atoms with van der Waals surface area (Å²) < 4.78 is 19.4. The first-order valence-electron chi connectivity index (χ1n) is 7.87. The molecule has 1 atom stereocenters. The number of carbonyl (C=O) groups is 2. The van der Waals surface area contributed by atoms with Gasteiger partial charge < -0.3 is 20.7 Å². The van der Waals surface area contributed by atoms with Crippen LogP contribution in [0.1, 0.15) is 11.1 Å². The standard InChI is InChI=1S/C18H17ClFN3O3/c1-9-3-4-10-7-13(22-18(21)25)17(24)23(2)15(10)16(9)26-14-8-11(20)5-6-12(14)19/h3-6,8,13H,7H2,1-2H3,(H3,21,22,25)/t13-/m1/s1. The number of primary amides is 1. The first kappa shape index (κ1) is 18.0. The molecule has 3 amide bonds. The van der Waals surface area contributed by atoms with E-state index in [-0.39, 0.29) is 23.1 Å². The summed E-state index contributed by atoms with van der Waals surface area (Å²) in [5.74, 6) is -0.246. The molecule has 1 heterocycles. The van der Waals surface area contributed by atoms with Crippen LogP contribution in [0.3, 0.4) is 0 Å². The van der Waals surface area contributed by atoms with Gasteiger partial charge in [-0.2, -0.15) is 0 Å². The third kappa shape index (κ3) is 3.30. The fourth-order valence-corrected chi connectivity index (χ4v) is 3.13. The van der Waals surface area contributed by atoms with Crippen LogP contribution >= 0.6 is 11.6 Å². The lowest BCUT2D eigenvalue weighted by Gasteiger charge is -2.33. The summed E-state index contributed by atoms with van der Waals surface area (Å²) in [5, 5.41) is 2.69. The van der Waals surface area contributed by atoms with Gasteiger partial charge in [0.05, 0.1) is 10.7 Å². The number of hydrogen-bond acceptors (Lipinski definition) is 3. The van der Waals surface area contributed by atoms with Crippen molar-refractivity contribution < 1.29 is 18.7 Å². The number of benzene rings is 2. The molecule has 8 heteroatoms. The molecular weight excluding hydrogens is 361 g/mol. The molecule has 0 radical (unpaired) electrons. The van der Waals surface area contributed by atoms with Gasteiger partial charge in [-0.1, -0.05) is 23.7 Å². The van der Waals surface area contributed by atoms with Gasteiger partial charge in [0, 0.05) is 19.5 Å². The lowest BCUT2D eigenvalue weighted by atomic mass is 9.95. The normalized spacial score (nSPS) is 16.2. The van der Waals surface area contributed by atoms with E-state index in [0.717, 1.165) is 11.1 Å². The predicted molar refractivity (Wildman–Crippen MR) is 96.3 cm³/mol. The van der Waals surface area contributed by atoms with Crippen molar-refractivity contribution in [3.8, 4) is 11.5 Å². The zero-order valence-electron chi connectivity index (χ0n) is 14.2. The van der Waals surface area contributed by atoms with Crippen molar-refractivity contribution in [2.45, 2.75) is 19.4 Å². The molecule has 1 aliphatic heterocycles. The second-order valence-corrected chi connectivity index (χ2v) is 6.47. The van der Waals surface area contributed by atoms with Crippen molar-refractivity contribution in [1.82, 2.24) is 5.32 Å². The number of hydrogen-bond donors (Lipinski definition) is 2. The summed E-state index contributed by atoms with van der Waals surface area (Å²) in [6, 6.07) is 5.98. The first-order valence-corrected chi connectivity index (χ1v) is 8.24. The fraction of sp³-hybridized carbons (Fsp3) is 0.222. The van der Waals surface area contributed by atoms with E-state index >= 15 is 0 Å². The van der Waals surface area contributed by atoms with Crippen molar-refractivity contribution in [2.75, 3.05) is 11.9 Å². The Labute approximate surface area is 154 Å². The number of nitrogens with one attached hydrogen (secondary N) is 1. The van der Waals surface area contributed by atoms with Gasteiger partial charge >= 0.3 is 6.03 Å². The van der Waals surface area contributed by atoms with Gasteiger partial charge in [-0.3, -0.25) is 4.79 Å². The smallest absolute Gasteiger partial charge is 0.312 e. The molecule has 0 fully saturated rings. The highest BCUT2D eigenvalue weighted by atomic mass is 35.5. The molecule has 0 saturated carbocycles. The molecule has 26 heavy (non-hydrogen) atoms. The molecule has 0 unspecified atom stereocenters. The quantitative estimate of drug-likeness (QED) is 0.861. The summed E-state index contributed by atoms with van der Waals surface area (Å²) in [4.78, 5) is 25.1. The summed E-state index contributed by atoms with van der Waals surface area (Å²) in [5.41, 5.74) is 7.24. The Morgan fingerprint density at radius 1 is 1.38 bits per heavy atom. The molecule has 0 saturated heterocycles. The van der Waals surface area contributed by atoms with Crippen LogP contribution in [0, 0.1) is 12.7 Å². The van der Waals surface area contributed by atoms with E-state index in [1.165, 1.54) is 23.1 Å². The molecule has 3 N–H and O–H groups in total. The molecule has 136 valence electrons. The second-order valence-electron chi connectivity index (χ2n) is 6.06. The number of ether oxygens (including phenoxy) is 1. The van der Waals surface area contributed by atoms with Crippen molar-refractivity contribution in [1.29, 1.82) is 0 Å². The topological polar surface area (TPSA) is 84.7 Å². The molecule has 0 bridgehead atoms. The Bertz CT molecular complexity index is 903. The maximum absolute atomic E-state index is 13.5. The summed E-state index contributed by atoms with van der Waals surface area (Å²) in [6.07, 6.45) is 0.273. The summed E-state index contributed by atoms with van der Waals surface area (Å²) in [7, 11) is 1.58. The number of amides is 3. The van der Waals surface area contributed by atoms with Crippen molar-refractivity contribution >= 4 is 29.2 Å². The van der Waals surface area contributed by atoms with Crippen LogP contribution in [0.5, 0.6) is 11.5 Å². The third-order valence-electron chi connectivity index (χ3n) is 4.22. The Morgan fingerprint density at radius 3 is 2.81 bits per heavy atom. The lowest BCUT2D eigenvalue weighted by Crippen LogP contribution is -2.53. The lowest BCUT2D eigenvalue weighted by molar-refractivity contribution is -0.120. The van der Waals surface area contributed by atoms with E-state index in [0.29, 0.717) is 11.4 Å². The molecule has 0 aromatic heterocycles. The molecule has 0 aliphatic carbocycles. The van der Waals surface area contributed by atoms with Gasteiger partial charge in [-0.15, -0.1) is 0 Å². The highest BCUT2D eigenvalue weighted by Gasteiger charge is 2.34. The van der Waals surface area contributed by atoms with Gasteiger partial charge in [-0.25, -0.2) is 9.18 Å². The number of urea groups is 1. The van der Waals surface area contributed by atoms with Crippen LogP contribution in [0.2, 0.25) is 5.02 Å². The molecule has 6 nitrogen and oxygen atoms in total. The van der Waals surface area contributed by atoms with E-state index in [9.17, 15) is 14.0 Å². The average molecular weight is 378 g/mol. The number of fused-ring (bicyclic) bond motifs is 1. The zero-order chi connectivity index (χ0) is 19.0. The van der Waals surface area contributed by atoms with E-state index in [4.69, 9.17) is 22.1 Å². The minimum Gasteiger partial charge on any atom is -0.453 e. The first-order chi connectivity index (χ1) is 12.3. The SMILES string of the molecule is Cc1ccc2c(c1Oc1cc(F)ccc1Cl)N(C)C(=O)[C@H](NC(N)=O)C2.